The summed E-state index contributed by atoms with van der Waals surface area (Å²) >= 11 is 0. The number of ether oxygens (including phenoxy) is 2. The van der Waals surface area contributed by atoms with E-state index in [0.717, 1.165) is 0 Å². The first kappa shape index (κ1) is 23.3. The van der Waals surface area contributed by atoms with E-state index in [2.05, 4.69) is 5.32 Å². The number of rotatable bonds is 6. The molecule has 0 aliphatic rings. The summed E-state index contributed by atoms with van der Waals surface area (Å²) in [5.41, 5.74) is -3.87. The molecule has 1 amide bonds. The number of carbonyl (C=O) groups is 1. The van der Waals surface area contributed by atoms with Crippen LogP contribution in [-0.2, 0) is 12.4 Å². The zero-order chi connectivity index (χ0) is 22.7. The van der Waals surface area contributed by atoms with Gasteiger partial charge in [0, 0.05) is 17.7 Å². The molecule has 0 heterocycles. The van der Waals surface area contributed by atoms with Crippen LogP contribution in [0.4, 0.5) is 26.3 Å². The molecule has 2 rings (SSSR count). The number of hydrogen-bond donors (Lipinski definition) is 2. The Balaban J connectivity index is 2.26. The van der Waals surface area contributed by atoms with E-state index in [0.29, 0.717) is 17.9 Å². The third-order valence-corrected chi connectivity index (χ3v) is 4.10. The Hall–Kier alpha value is -2.95. The Labute approximate surface area is 167 Å². The Morgan fingerprint density at radius 2 is 1.53 bits per heavy atom. The fourth-order valence-corrected chi connectivity index (χ4v) is 2.59. The molecule has 0 fully saturated rings. The minimum Gasteiger partial charge on any atom is -0.497 e. The van der Waals surface area contributed by atoms with Crippen LogP contribution in [-0.4, -0.2) is 31.8 Å². The number of aliphatic hydroxyl groups is 1. The molecule has 0 aliphatic heterocycles. The van der Waals surface area contributed by atoms with Gasteiger partial charge in [0.15, 0.2) is 0 Å². The predicted octanol–water partition coefficient (Wildman–Crippen LogP) is 4.20. The van der Waals surface area contributed by atoms with Gasteiger partial charge in [0.1, 0.15) is 17.6 Å². The van der Waals surface area contributed by atoms with Crippen molar-refractivity contribution in [1.29, 1.82) is 0 Å². The van der Waals surface area contributed by atoms with Gasteiger partial charge in [0.25, 0.3) is 5.91 Å². The van der Waals surface area contributed by atoms with Crippen LogP contribution in [0.1, 0.15) is 33.2 Å². The number of hydrogen-bond acceptors (Lipinski definition) is 4. The first-order chi connectivity index (χ1) is 13.9. The second kappa shape index (κ2) is 8.82. The highest BCUT2D eigenvalue weighted by Crippen LogP contribution is 2.36. The van der Waals surface area contributed by atoms with Gasteiger partial charge in [0.2, 0.25) is 0 Å². The van der Waals surface area contributed by atoms with Gasteiger partial charge < -0.3 is 19.9 Å². The average Bonchev–Trinajstić information content (AvgIpc) is 2.69. The minimum absolute atomic E-state index is 0.0766. The molecule has 2 N–H and O–H groups in total. The molecule has 0 radical (unpaired) electrons. The van der Waals surface area contributed by atoms with Crippen molar-refractivity contribution in [2.45, 2.75) is 18.5 Å². The number of alkyl halides is 6. The third-order valence-electron chi connectivity index (χ3n) is 4.10. The second-order valence-corrected chi connectivity index (χ2v) is 6.13. The zero-order valence-electron chi connectivity index (χ0n) is 15.7. The topological polar surface area (TPSA) is 67.8 Å². The van der Waals surface area contributed by atoms with Crippen molar-refractivity contribution in [2.75, 3.05) is 20.8 Å². The lowest BCUT2D eigenvalue weighted by molar-refractivity contribution is -0.143. The highest BCUT2D eigenvalue weighted by Gasteiger charge is 2.37. The molecule has 2 aromatic rings. The largest absolute Gasteiger partial charge is 0.497 e. The first-order valence-corrected chi connectivity index (χ1v) is 8.34. The molecule has 0 bridgehead atoms. The molecule has 0 saturated heterocycles. The van der Waals surface area contributed by atoms with Gasteiger partial charge in [-0.05, 0) is 36.4 Å². The van der Waals surface area contributed by atoms with E-state index in [9.17, 15) is 36.2 Å². The van der Waals surface area contributed by atoms with Crippen molar-refractivity contribution < 1.29 is 45.7 Å². The lowest BCUT2D eigenvalue weighted by Gasteiger charge is -2.17. The van der Waals surface area contributed by atoms with Gasteiger partial charge in [0.05, 0.1) is 25.3 Å². The first-order valence-electron chi connectivity index (χ1n) is 8.34. The molecule has 5 nitrogen and oxygen atoms in total. The van der Waals surface area contributed by atoms with Crippen molar-refractivity contribution >= 4 is 5.91 Å². The molecule has 0 aliphatic carbocycles. The molecule has 30 heavy (non-hydrogen) atoms. The van der Waals surface area contributed by atoms with Crippen LogP contribution < -0.4 is 14.8 Å². The molecular formula is C19H17F6NO4. The van der Waals surface area contributed by atoms with Crippen LogP contribution in [0.15, 0.2) is 36.4 Å². The van der Waals surface area contributed by atoms with E-state index in [1.54, 1.807) is 6.07 Å². The summed E-state index contributed by atoms with van der Waals surface area (Å²) in [5, 5.41) is 12.4. The number of nitrogens with one attached hydrogen (secondary N) is 1. The maximum atomic E-state index is 12.9. The Kier molecular flexibility index (Phi) is 6.86. The van der Waals surface area contributed by atoms with E-state index >= 15 is 0 Å². The van der Waals surface area contributed by atoms with Crippen LogP contribution >= 0.6 is 0 Å². The average molecular weight is 437 g/mol. The zero-order valence-corrected chi connectivity index (χ0v) is 15.7. The lowest BCUT2D eigenvalue weighted by atomic mass is 10.0. The van der Waals surface area contributed by atoms with Crippen LogP contribution in [0.25, 0.3) is 0 Å². The van der Waals surface area contributed by atoms with Crippen LogP contribution in [0.3, 0.4) is 0 Å². The van der Waals surface area contributed by atoms with Crippen molar-refractivity contribution in [2.24, 2.45) is 0 Å². The SMILES string of the molecule is COc1ccc(OC)c([C@H](O)CNC(=O)c2cc(C(F)(F)F)cc(C(F)(F)F)c2)c1. The Morgan fingerprint density at radius 3 is 2.00 bits per heavy atom. The van der Waals surface area contributed by atoms with Crippen LogP contribution in [0.5, 0.6) is 11.5 Å². The van der Waals surface area contributed by atoms with Gasteiger partial charge in [-0.2, -0.15) is 26.3 Å². The van der Waals surface area contributed by atoms with Crippen LogP contribution in [0, 0.1) is 0 Å². The second-order valence-electron chi connectivity index (χ2n) is 6.13. The van der Waals surface area contributed by atoms with Crippen molar-refractivity contribution in [3.05, 3.63) is 58.7 Å². The highest BCUT2D eigenvalue weighted by molar-refractivity contribution is 5.94. The van der Waals surface area contributed by atoms with Crippen molar-refractivity contribution in [1.82, 2.24) is 5.32 Å². The third kappa shape index (κ3) is 5.56. The molecule has 1 atom stereocenters. The molecule has 11 heteroatoms. The van der Waals surface area contributed by atoms with E-state index in [-0.39, 0.29) is 17.4 Å². The molecular weight excluding hydrogens is 420 g/mol. The summed E-state index contributed by atoms with van der Waals surface area (Å²) in [6.07, 6.45) is -11.5. The van der Waals surface area contributed by atoms with Crippen molar-refractivity contribution in [3.63, 3.8) is 0 Å². The quantitative estimate of drug-likeness (QED) is 0.665. The number of benzene rings is 2. The normalized spacial score (nSPS) is 13.0. The molecule has 0 aromatic heterocycles. The number of methoxy groups -OCH3 is 2. The van der Waals surface area contributed by atoms with Gasteiger partial charge >= 0.3 is 12.4 Å². The Morgan fingerprint density at radius 1 is 0.967 bits per heavy atom. The molecule has 0 saturated carbocycles. The van der Waals surface area contributed by atoms with E-state index in [4.69, 9.17) is 9.47 Å². The predicted molar refractivity (Wildman–Crippen MR) is 93.3 cm³/mol. The summed E-state index contributed by atoms with van der Waals surface area (Å²) in [5.74, 6) is -0.604. The summed E-state index contributed by atoms with van der Waals surface area (Å²) in [4.78, 5) is 12.2. The fraction of sp³-hybridized carbons (Fsp3) is 0.316. The number of amides is 1. The maximum absolute atomic E-state index is 12.9. The standard InChI is InChI=1S/C19H17F6NO4/c1-29-13-3-4-16(30-2)14(8-13)15(27)9-26-17(28)10-5-11(18(20,21)22)7-12(6-10)19(23,24)25/h3-8,15,27H,9H2,1-2H3,(H,26,28)/t15-/m1/s1. The van der Waals surface area contributed by atoms with Gasteiger partial charge in [-0.3, -0.25) is 4.79 Å². The summed E-state index contributed by atoms with van der Waals surface area (Å²) in [7, 11) is 2.71. The smallest absolute Gasteiger partial charge is 0.416 e. The van der Waals surface area contributed by atoms with Crippen LogP contribution in [0.2, 0.25) is 0 Å². The molecule has 0 unspecified atom stereocenters. The van der Waals surface area contributed by atoms with E-state index < -0.39 is 47.6 Å². The lowest BCUT2D eigenvalue weighted by Crippen LogP contribution is -2.29. The molecule has 0 spiro atoms. The van der Waals surface area contributed by atoms with Crippen molar-refractivity contribution in [3.8, 4) is 11.5 Å². The highest BCUT2D eigenvalue weighted by atomic mass is 19.4. The van der Waals surface area contributed by atoms with Gasteiger partial charge in [-0.15, -0.1) is 0 Å². The number of aliphatic hydroxyl groups excluding tert-OH is 1. The number of halogens is 6. The van der Waals surface area contributed by atoms with Gasteiger partial charge in [-0.25, -0.2) is 0 Å². The molecule has 2 aromatic carbocycles. The van der Waals surface area contributed by atoms with E-state index in [1.165, 1.54) is 26.4 Å². The monoisotopic (exact) mass is 437 g/mol. The number of carbonyl (C=O) groups excluding carboxylic acids is 1. The Bertz CT molecular complexity index is 879. The van der Waals surface area contributed by atoms with E-state index in [1.807, 2.05) is 0 Å². The summed E-state index contributed by atoms with van der Waals surface area (Å²) in [6.45, 7) is -0.500. The summed E-state index contributed by atoms with van der Waals surface area (Å²) < 4.78 is 87.7. The van der Waals surface area contributed by atoms with Gasteiger partial charge in [-0.1, -0.05) is 0 Å². The minimum atomic E-state index is -5.08. The maximum Gasteiger partial charge on any atom is 0.416 e. The fourth-order valence-electron chi connectivity index (χ4n) is 2.59. The molecule has 164 valence electrons. The summed E-state index contributed by atoms with van der Waals surface area (Å²) in [6, 6.07) is 5.00.